The highest BCUT2D eigenvalue weighted by Crippen LogP contribution is 2.39. The highest BCUT2D eigenvalue weighted by molar-refractivity contribution is 5.92. The fourth-order valence-electron chi connectivity index (χ4n) is 1.73. The fraction of sp³-hybridized carbons (Fsp3) is 0.417. The molecule has 9 nitrogen and oxygen atoms in total. The zero-order valence-corrected chi connectivity index (χ0v) is 11.8. The van der Waals surface area contributed by atoms with Crippen molar-refractivity contribution in [1.82, 2.24) is 0 Å². The van der Waals surface area contributed by atoms with Crippen LogP contribution in [0, 0.1) is 26.1 Å². The average molecular weight is 297 g/mol. The van der Waals surface area contributed by atoms with Crippen molar-refractivity contribution in [2.45, 2.75) is 20.3 Å². The van der Waals surface area contributed by atoms with Gasteiger partial charge in [0.2, 0.25) is 5.91 Å². The van der Waals surface area contributed by atoms with Gasteiger partial charge in [0.1, 0.15) is 0 Å². The van der Waals surface area contributed by atoms with Crippen LogP contribution in [0.2, 0.25) is 0 Å². The maximum absolute atomic E-state index is 11.7. The summed E-state index contributed by atoms with van der Waals surface area (Å²) in [7, 11) is 1.10. The number of carbonyl (C=O) groups is 1. The average Bonchev–Trinajstić information content (AvgIpc) is 2.36. The Balaban J connectivity index is 3.26. The number of carbonyl (C=O) groups excluding carboxylic acids is 1. The van der Waals surface area contributed by atoms with E-state index in [4.69, 9.17) is 4.74 Å². The van der Waals surface area contributed by atoms with Crippen LogP contribution >= 0.6 is 0 Å². The van der Waals surface area contributed by atoms with Gasteiger partial charge in [-0.1, -0.05) is 13.8 Å². The normalized spacial score (nSPS) is 10.3. The molecule has 1 aromatic rings. The molecule has 0 unspecified atom stereocenters. The lowest BCUT2D eigenvalue weighted by Gasteiger charge is -2.09. The second-order valence-corrected chi connectivity index (χ2v) is 4.71. The van der Waals surface area contributed by atoms with Crippen molar-refractivity contribution in [3.8, 4) is 5.75 Å². The van der Waals surface area contributed by atoms with Crippen LogP contribution in [0.3, 0.4) is 0 Å². The van der Waals surface area contributed by atoms with Gasteiger partial charge in [-0.2, -0.15) is 0 Å². The van der Waals surface area contributed by atoms with Gasteiger partial charge in [0.25, 0.3) is 5.75 Å². The Bertz CT molecular complexity index is 549. The lowest BCUT2D eigenvalue weighted by Crippen LogP contribution is -2.14. The summed E-state index contributed by atoms with van der Waals surface area (Å²) in [4.78, 5) is 32.0. The van der Waals surface area contributed by atoms with Gasteiger partial charge in [-0.05, 0) is 5.92 Å². The van der Waals surface area contributed by atoms with Gasteiger partial charge in [-0.25, -0.2) is 0 Å². The number of amides is 1. The number of methoxy groups -OCH3 is 1. The first-order valence-corrected chi connectivity index (χ1v) is 6.07. The number of nitrogens with one attached hydrogen (secondary N) is 1. The molecule has 1 rings (SSSR count). The summed E-state index contributed by atoms with van der Waals surface area (Å²) in [5.74, 6) is -0.737. The number of anilines is 1. The summed E-state index contributed by atoms with van der Waals surface area (Å²) < 4.78 is 4.73. The largest absolute Gasteiger partial charge is 0.485 e. The van der Waals surface area contributed by atoms with Gasteiger partial charge in [0, 0.05) is 18.6 Å². The summed E-state index contributed by atoms with van der Waals surface area (Å²) in [6, 6.07) is 2.06. The zero-order chi connectivity index (χ0) is 16.2. The van der Waals surface area contributed by atoms with Crippen LogP contribution in [0.1, 0.15) is 20.3 Å². The van der Waals surface area contributed by atoms with Crippen molar-refractivity contribution in [1.29, 1.82) is 0 Å². The maximum Gasteiger partial charge on any atom is 0.320 e. The molecular formula is C12H15N3O6. The topological polar surface area (TPSA) is 125 Å². The maximum atomic E-state index is 11.7. The number of nitro benzene ring substituents is 2. The summed E-state index contributed by atoms with van der Waals surface area (Å²) >= 11 is 0. The molecule has 1 amide bonds. The van der Waals surface area contributed by atoms with Gasteiger partial charge >= 0.3 is 11.4 Å². The van der Waals surface area contributed by atoms with E-state index in [1.807, 2.05) is 13.8 Å². The Morgan fingerprint density at radius 2 is 1.71 bits per heavy atom. The van der Waals surface area contributed by atoms with Crippen LogP contribution < -0.4 is 10.1 Å². The van der Waals surface area contributed by atoms with E-state index in [0.717, 1.165) is 19.2 Å². The number of rotatable bonds is 6. The standard InChI is InChI=1S/C12H15N3O6/c1-7(2)4-11(16)13-8-5-9(14(17)18)12(21-3)10(6-8)15(19)20/h5-7H,4H2,1-3H3,(H,13,16). The third-order valence-corrected chi connectivity index (χ3v) is 2.52. The predicted octanol–water partition coefficient (Wildman–Crippen LogP) is 2.50. The summed E-state index contributed by atoms with van der Waals surface area (Å²) in [5, 5.41) is 24.3. The second kappa shape index (κ2) is 6.64. The molecule has 1 aromatic carbocycles. The van der Waals surface area contributed by atoms with Crippen LogP contribution in [0.5, 0.6) is 5.75 Å². The zero-order valence-electron chi connectivity index (χ0n) is 11.8. The van der Waals surface area contributed by atoms with E-state index in [9.17, 15) is 25.0 Å². The van der Waals surface area contributed by atoms with E-state index in [0.29, 0.717) is 0 Å². The molecule has 0 atom stereocenters. The minimum absolute atomic E-state index is 0.0140. The van der Waals surface area contributed by atoms with Gasteiger partial charge in [0.05, 0.1) is 22.6 Å². The molecule has 1 N–H and O–H groups in total. The van der Waals surface area contributed by atoms with E-state index >= 15 is 0 Å². The van der Waals surface area contributed by atoms with Crippen molar-refractivity contribution in [3.05, 3.63) is 32.4 Å². The number of nitrogens with zero attached hydrogens (tertiary/aromatic N) is 2. The Hall–Kier alpha value is -2.71. The minimum Gasteiger partial charge on any atom is -0.485 e. The first-order valence-electron chi connectivity index (χ1n) is 6.07. The molecule has 0 aliphatic heterocycles. The number of hydrogen-bond donors (Lipinski definition) is 1. The molecule has 0 aliphatic rings. The summed E-state index contributed by atoms with van der Waals surface area (Å²) in [5.41, 5.74) is -1.17. The number of nitro groups is 2. The summed E-state index contributed by atoms with van der Waals surface area (Å²) in [6.45, 7) is 3.66. The molecule has 0 saturated heterocycles. The van der Waals surface area contributed by atoms with Crippen LogP contribution in [-0.2, 0) is 4.79 Å². The quantitative estimate of drug-likeness (QED) is 0.635. The highest BCUT2D eigenvalue weighted by atomic mass is 16.6. The lowest BCUT2D eigenvalue weighted by molar-refractivity contribution is -0.395. The molecule has 0 bridgehead atoms. The van der Waals surface area contributed by atoms with Crippen LogP contribution in [-0.4, -0.2) is 22.9 Å². The SMILES string of the molecule is COc1c([N+](=O)[O-])cc(NC(=O)CC(C)C)cc1[N+](=O)[O-]. The Morgan fingerprint density at radius 3 is 2.05 bits per heavy atom. The fourth-order valence-corrected chi connectivity index (χ4v) is 1.73. The van der Waals surface area contributed by atoms with Gasteiger partial charge in [-0.3, -0.25) is 25.0 Å². The monoisotopic (exact) mass is 297 g/mol. The van der Waals surface area contributed by atoms with E-state index in [1.165, 1.54) is 0 Å². The van der Waals surface area contributed by atoms with E-state index in [2.05, 4.69) is 5.32 Å². The molecule has 0 radical (unpaired) electrons. The van der Waals surface area contributed by atoms with Gasteiger partial charge in [-0.15, -0.1) is 0 Å². The highest BCUT2D eigenvalue weighted by Gasteiger charge is 2.28. The Kier molecular flexibility index (Phi) is 5.17. The van der Waals surface area contributed by atoms with E-state index in [-0.39, 0.29) is 23.9 Å². The van der Waals surface area contributed by atoms with Crippen LogP contribution in [0.15, 0.2) is 12.1 Å². The first-order chi connectivity index (χ1) is 9.76. The molecule has 9 heteroatoms. The van der Waals surface area contributed by atoms with Crippen molar-refractivity contribution < 1.29 is 19.4 Å². The van der Waals surface area contributed by atoms with E-state index < -0.39 is 27.0 Å². The second-order valence-electron chi connectivity index (χ2n) is 4.71. The number of hydrogen-bond acceptors (Lipinski definition) is 6. The van der Waals surface area contributed by atoms with Crippen molar-refractivity contribution >= 4 is 23.0 Å². The smallest absolute Gasteiger partial charge is 0.320 e. The molecule has 0 saturated carbocycles. The Labute approximate surface area is 120 Å². The molecule has 114 valence electrons. The third kappa shape index (κ3) is 4.13. The third-order valence-electron chi connectivity index (χ3n) is 2.52. The van der Waals surface area contributed by atoms with Gasteiger partial charge in [0.15, 0.2) is 0 Å². The first kappa shape index (κ1) is 16.3. The molecule has 0 fully saturated rings. The van der Waals surface area contributed by atoms with Crippen molar-refractivity contribution in [2.24, 2.45) is 5.92 Å². The van der Waals surface area contributed by atoms with Crippen LogP contribution in [0.4, 0.5) is 17.1 Å². The number of benzene rings is 1. The van der Waals surface area contributed by atoms with Crippen molar-refractivity contribution in [2.75, 3.05) is 12.4 Å². The summed E-state index contributed by atoms with van der Waals surface area (Å²) in [6.07, 6.45) is 0.202. The number of ether oxygens (including phenoxy) is 1. The predicted molar refractivity (Wildman–Crippen MR) is 74.4 cm³/mol. The molecule has 0 aliphatic carbocycles. The molecule has 0 heterocycles. The van der Waals surface area contributed by atoms with Crippen LogP contribution in [0.25, 0.3) is 0 Å². The molecular weight excluding hydrogens is 282 g/mol. The molecule has 0 spiro atoms. The minimum atomic E-state index is -0.802. The Morgan fingerprint density at radius 1 is 1.24 bits per heavy atom. The van der Waals surface area contributed by atoms with Crippen molar-refractivity contribution in [3.63, 3.8) is 0 Å². The van der Waals surface area contributed by atoms with E-state index in [1.54, 1.807) is 0 Å². The lowest BCUT2D eigenvalue weighted by atomic mass is 10.1. The molecule has 0 aromatic heterocycles. The van der Waals surface area contributed by atoms with Gasteiger partial charge < -0.3 is 10.1 Å². The molecule has 21 heavy (non-hydrogen) atoms.